The van der Waals surface area contributed by atoms with Gasteiger partial charge in [0.05, 0.1) is 34.1 Å². The molecule has 2 aliphatic heterocycles. The number of aryl methyl sites for hydroxylation is 2. The van der Waals surface area contributed by atoms with Crippen LogP contribution in [0.5, 0.6) is 0 Å². The van der Waals surface area contributed by atoms with Crippen molar-refractivity contribution in [1.82, 2.24) is 43.7 Å². The van der Waals surface area contributed by atoms with Crippen LogP contribution in [0.3, 0.4) is 0 Å². The van der Waals surface area contributed by atoms with Crippen molar-refractivity contribution in [2.75, 3.05) is 36.9 Å². The lowest BCUT2D eigenvalue weighted by Gasteiger charge is -2.40. The monoisotopic (exact) mass is 757 g/mol. The van der Waals surface area contributed by atoms with Gasteiger partial charge in [0.2, 0.25) is 11.8 Å². The van der Waals surface area contributed by atoms with Crippen molar-refractivity contribution in [2.24, 2.45) is 13.0 Å². The number of anilines is 2. The van der Waals surface area contributed by atoms with Crippen molar-refractivity contribution in [3.63, 3.8) is 0 Å². The molecule has 3 aliphatic rings. The van der Waals surface area contributed by atoms with Crippen molar-refractivity contribution in [3.05, 3.63) is 70.3 Å². The Bertz CT molecular complexity index is 2330. The van der Waals surface area contributed by atoms with Crippen LogP contribution in [0, 0.1) is 12.8 Å². The lowest BCUT2D eigenvalue weighted by atomic mass is 9.85. The maximum absolute atomic E-state index is 14.1. The number of nitrogens with zero attached hydrogens (tertiary/aromatic N) is 9. The standard InChI is InChI=1S/C38H45F2N11O4/c1-22-31(35-41-16-5-17-49(35)44-22)37(54)42-26-21-50(45-32(26)34(39)40)25-10-8-23(9-11-25)20-46(2)24-14-18-48(19-15-24)27-6-4-7-28-33(27)47(3)38(55)51(28)29-12-13-30(52)43-36(29)53/h4-7,16-17,21,23-25,29,34H,8-15,18-20H2,1-3H3,(H,42,54)(H,43,52,53). The number of amides is 3. The van der Waals surface area contributed by atoms with Crippen molar-refractivity contribution in [2.45, 2.75) is 82.8 Å². The van der Waals surface area contributed by atoms with Crippen LogP contribution in [0.4, 0.5) is 20.2 Å². The van der Waals surface area contributed by atoms with Gasteiger partial charge in [-0.3, -0.25) is 33.5 Å². The molecule has 1 saturated carbocycles. The van der Waals surface area contributed by atoms with E-state index in [0.717, 1.165) is 69.4 Å². The Hall–Kier alpha value is -5.45. The Morgan fingerprint density at radius 3 is 2.53 bits per heavy atom. The van der Waals surface area contributed by atoms with Gasteiger partial charge in [0.15, 0.2) is 11.3 Å². The highest BCUT2D eigenvalue weighted by atomic mass is 19.3. The normalized spacial score (nSPS) is 21.3. The third-order valence-electron chi connectivity index (χ3n) is 11.8. The van der Waals surface area contributed by atoms with Crippen LogP contribution in [0.1, 0.15) is 91.6 Å². The number of aromatic nitrogens is 7. The SMILES string of the molecule is Cc1nn2cccnc2c1C(=O)Nc1cn(C2CCC(CN(C)C3CCN(c4cccc5c4n(C)c(=O)n5C4CCC(=O)NC4=O)CC3)CC2)nc1C(F)F. The van der Waals surface area contributed by atoms with Crippen molar-refractivity contribution < 1.29 is 23.2 Å². The molecule has 2 N–H and O–H groups in total. The number of carbonyl (C=O) groups is 3. The molecule has 1 atom stereocenters. The molecule has 0 spiro atoms. The summed E-state index contributed by atoms with van der Waals surface area (Å²) in [6.45, 7) is 4.25. The largest absolute Gasteiger partial charge is 0.370 e. The lowest BCUT2D eigenvalue weighted by Crippen LogP contribution is -2.45. The highest BCUT2D eigenvalue weighted by Gasteiger charge is 2.34. The van der Waals surface area contributed by atoms with E-state index < -0.39 is 30.0 Å². The van der Waals surface area contributed by atoms with Crippen LogP contribution in [0.2, 0.25) is 0 Å². The Morgan fingerprint density at radius 1 is 1.04 bits per heavy atom. The summed E-state index contributed by atoms with van der Waals surface area (Å²) in [6.07, 6.45) is 7.76. The van der Waals surface area contributed by atoms with Gasteiger partial charge in [-0.25, -0.2) is 23.1 Å². The van der Waals surface area contributed by atoms with Gasteiger partial charge in [0, 0.05) is 57.7 Å². The van der Waals surface area contributed by atoms with Crippen LogP contribution in [-0.4, -0.2) is 88.9 Å². The molecule has 17 heteroatoms. The first-order chi connectivity index (χ1) is 26.5. The zero-order valence-electron chi connectivity index (χ0n) is 31.1. The Labute approximate surface area is 315 Å². The van der Waals surface area contributed by atoms with Crippen LogP contribution in [-0.2, 0) is 16.6 Å². The van der Waals surface area contributed by atoms with E-state index in [1.165, 1.54) is 15.3 Å². The van der Waals surface area contributed by atoms with Gasteiger partial charge in [0.25, 0.3) is 12.3 Å². The maximum atomic E-state index is 14.1. The highest BCUT2D eigenvalue weighted by Crippen LogP contribution is 2.37. The minimum absolute atomic E-state index is 0.00628. The number of imide groups is 1. The van der Waals surface area contributed by atoms with Crippen molar-refractivity contribution >= 4 is 45.8 Å². The molecule has 0 bridgehead atoms. The van der Waals surface area contributed by atoms with Gasteiger partial charge >= 0.3 is 5.69 Å². The van der Waals surface area contributed by atoms with Gasteiger partial charge in [-0.05, 0) is 83.0 Å². The van der Waals surface area contributed by atoms with Crippen LogP contribution < -0.4 is 21.2 Å². The van der Waals surface area contributed by atoms with Crippen molar-refractivity contribution in [3.8, 4) is 0 Å². The van der Waals surface area contributed by atoms with Crippen molar-refractivity contribution in [1.29, 1.82) is 0 Å². The molecule has 1 aliphatic carbocycles. The zero-order chi connectivity index (χ0) is 38.5. The summed E-state index contributed by atoms with van der Waals surface area (Å²) in [5.41, 5.74) is 2.73. The number of piperidine rings is 2. The van der Waals surface area contributed by atoms with E-state index in [1.54, 1.807) is 41.7 Å². The quantitative estimate of drug-likeness (QED) is 0.208. The highest BCUT2D eigenvalue weighted by molar-refractivity contribution is 6.09. The van der Waals surface area contributed by atoms with Crippen LogP contribution in [0.15, 0.2) is 47.7 Å². The molecule has 3 amide bonds. The molecule has 290 valence electrons. The number of hydrogen-bond acceptors (Lipinski definition) is 9. The smallest absolute Gasteiger partial charge is 0.329 e. The zero-order valence-corrected chi connectivity index (χ0v) is 31.1. The summed E-state index contributed by atoms with van der Waals surface area (Å²) in [7, 11) is 3.91. The van der Waals surface area contributed by atoms with Gasteiger partial charge in [-0.15, -0.1) is 0 Å². The maximum Gasteiger partial charge on any atom is 0.329 e. The Balaban J connectivity index is 0.872. The molecule has 8 rings (SSSR count). The number of halogens is 2. The first kappa shape index (κ1) is 36.5. The molecule has 6 heterocycles. The van der Waals surface area contributed by atoms with E-state index in [4.69, 9.17) is 0 Å². The third kappa shape index (κ3) is 6.78. The predicted molar refractivity (Wildman–Crippen MR) is 200 cm³/mol. The summed E-state index contributed by atoms with van der Waals surface area (Å²) in [5, 5.41) is 13.6. The van der Waals surface area contributed by atoms with E-state index in [1.807, 2.05) is 18.2 Å². The van der Waals surface area contributed by atoms with Crippen LogP contribution in [0.25, 0.3) is 16.7 Å². The number of para-hydroxylation sites is 1. The molecule has 4 aromatic heterocycles. The van der Waals surface area contributed by atoms with E-state index in [9.17, 15) is 28.0 Å². The minimum atomic E-state index is -2.85. The number of fused-ring (bicyclic) bond motifs is 2. The molecule has 1 unspecified atom stereocenters. The van der Waals surface area contributed by atoms with Gasteiger partial charge < -0.3 is 15.1 Å². The summed E-state index contributed by atoms with van der Waals surface area (Å²) in [6, 6.07) is 7.13. The molecular weight excluding hydrogens is 712 g/mol. The Morgan fingerprint density at radius 2 is 1.80 bits per heavy atom. The van der Waals surface area contributed by atoms with Crippen LogP contribution >= 0.6 is 0 Å². The lowest BCUT2D eigenvalue weighted by molar-refractivity contribution is -0.135. The molecule has 55 heavy (non-hydrogen) atoms. The van der Waals surface area contributed by atoms with E-state index in [2.05, 4.69) is 42.7 Å². The third-order valence-corrected chi connectivity index (χ3v) is 11.8. The fourth-order valence-electron chi connectivity index (χ4n) is 8.90. The molecule has 1 aromatic carbocycles. The number of nitrogens with one attached hydrogen (secondary N) is 2. The fraction of sp³-hybridized carbons (Fsp3) is 0.500. The second-order valence-electron chi connectivity index (χ2n) is 15.2. The van der Waals surface area contributed by atoms with Gasteiger partial charge in [0.1, 0.15) is 11.6 Å². The summed E-state index contributed by atoms with van der Waals surface area (Å²) < 4.78 is 34.5. The molecule has 2 saturated heterocycles. The fourth-order valence-corrected chi connectivity index (χ4v) is 8.90. The number of alkyl halides is 2. The number of hydrogen-bond donors (Lipinski definition) is 2. The first-order valence-electron chi connectivity index (χ1n) is 19.0. The Kier molecular flexibility index (Phi) is 9.73. The first-order valence-corrected chi connectivity index (χ1v) is 19.0. The second kappa shape index (κ2) is 14.7. The van der Waals surface area contributed by atoms with E-state index >= 15 is 0 Å². The number of carbonyl (C=O) groups excluding carboxylic acids is 3. The summed E-state index contributed by atoms with van der Waals surface area (Å²) in [5.74, 6) is -0.857. The molecule has 0 radical (unpaired) electrons. The number of rotatable bonds is 9. The average molecular weight is 758 g/mol. The average Bonchev–Trinajstić information content (AvgIpc) is 3.83. The molecular formula is C38H45F2N11O4. The molecule has 15 nitrogen and oxygen atoms in total. The minimum Gasteiger partial charge on any atom is -0.370 e. The number of benzene rings is 1. The van der Waals surface area contributed by atoms with E-state index in [-0.39, 0.29) is 35.3 Å². The number of imidazole rings is 1. The summed E-state index contributed by atoms with van der Waals surface area (Å²) in [4.78, 5) is 60.2. The van der Waals surface area contributed by atoms with Gasteiger partial charge in [-0.2, -0.15) is 10.2 Å². The van der Waals surface area contributed by atoms with Gasteiger partial charge in [-0.1, -0.05) is 6.07 Å². The predicted octanol–water partition coefficient (Wildman–Crippen LogP) is 4.39. The van der Waals surface area contributed by atoms with E-state index in [0.29, 0.717) is 35.2 Å². The molecule has 5 aromatic rings. The second-order valence-corrected chi connectivity index (χ2v) is 15.2. The topological polar surface area (TPSA) is 157 Å². The molecule has 3 fully saturated rings. The summed E-state index contributed by atoms with van der Waals surface area (Å²) >= 11 is 0.